The Bertz CT molecular complexity index is 1570. The molecule has 1 aromatic carbocycles. The number of ether oxygens (including phenoxy) is 2. The molecule has 2 aromatic heterocycles. The molecular formula is C35H49N7O4. The highest BCUT2D eigenvalue weighted by Crippen LogP contribution is 2.33. The highest BCUT2D eigenvalue weighted by molar-refractivity contribution is 5.99. The summed E-state index contributed by atoms with van der Waals surface area (Å²) in [4.78, 5) is 44.0. The maximum absolute atomic E-state index is 12.8. The van der Waals surface area contributed by atoms with Crippen LogP contribution >= 0.6 is 0 Å². The van der Waals surface area contributed by atoms with Gasteiger partial charge in [0, 0.05) is 25.8 Å². The summed E-state index contributed by atoms with van der Waals surface area (Å²) in [5, 5.41) is 2.73. The number of nitrogens with one attached hydrogen (secondary N) is 1. The van der Waals surface area contributed by atoms with E-state index in [9.17, 15) is 9.59 Å². The van der Waals surface area contributed by atoms with Crippen LogP contribution in [0.1, 0.15) is 90.3 Å². The van der Waals surface area contributed by atoms with E-state index >= 15 is 0 Å². The summed E-state index contributed by atoms with van der Waals surface area (Å²) in [6.07, 6.45) is 5.63. The van der Waals surface area contributed by atoms with Gasteiger partial charge in [0.1, 0.15) is 17.0 Å². The number of nitrogens with zero attached hydrogens (tertiary/aromatic N) is 6. The Hall–Kier alpha value is -3.99. The smallest absolute Gasteiger partial charge is 0.437 e. The molecule has 0 spiro atoms. The van der Waals surface area contributed by atoms with Gasteiger partial charge in [0.25, 0.3) is 0 Å². The average molecular weight is 632 g/mol. The van der Waals surface area contributed by atoms with E-state index in [1.807, 2.05) is 23.2 Å². The summed E-state index contributed by atoms with van der Waals surface area (Å²) < 4.78 is 13.3. The molecular weight excluding hydrogens is 582 g/mol. The molecule has 5 rings (SSSR count). The van der Waals surface area contributed by atoms with Crippen molar-refractivity contribution >= 4 is 29.2 Å². The first-order valence-electron chi connectivity index (χ1n) is 16.4. The number of guanidine groups is 1. The third kappa shape index (κ3) is 8.63. The SMILES string of the molecule is CN(Cc1nc2ccccc2n1C[C@H]1CCCN(C(=NC(=O)OC(C)(C)C)NC(=O)OC(C)(C)C)C1)[C@H]1CCCc2cccnc21. The van der Waals surface area contributed by atoms with Crippen molar-refractivity contribution in [3.8, 4) is 0 Å². The quantitative estimate of drug-likeness (QED) is 0.252. The van der Waals surface area contributed by atoms with Crippen LogP contribution in [0.25, 0.3) is 11.0 Å². The Kier molecular flexibility index (Phi) is 10.0. The molecule has 0 unspecified atom stereocenters. The zero-order valence-corrected chi connectivity index (χ0v) is 28.4. The van der Waals surface area contributed by atoms with Crippen LogP contribution in [0.5, 0.6) is 0 Å². The monoisotopic (exact) mass is 631 g/mol. The van der Waals surface area contributed by atoms with Gasteiger partial charge in [-0.1, -0.05) is 18.2 Å². The third-order valence-electron chi connectivity index (χ3n) is 8.28. The lowest BCUT2D eigenvalue weighted by atomic mass is 9.91. The van der Waals surface area contributed by atoms with E-state index in [2.05, 4.69) is 51.1 Å². The van der Waals surface area contributed by atoms with Crippen molar-refractivity contribution in [2.75, 3.05) is 20.1 Å². The molecule has 0 radical (unpaired) electrons. The van der Waals surface area contributed by atoms with E-state index in [1.165, 1.54) is 11.3 Å². The number of alkyl carbamates (subject to hydrolysis) is 1. The minimum absolute atomic E-state index is 0.145. The number of para-hydroxylation sites is 2. The molecule has 1 saturated heterocycles. The Morgan fingerprint density at radius 1 is 1.02 bits per heavy atom. The molecule has 11 nitrogen and oxygen atoms in total. The largest absolute Gasteiger partial charge is 0.444 e. The van der Waals surface area contributed by atoms with E-state index in [1.54, 1.807) is 41.5 Å². The van der Waals surface area contributed by atoms with Crippen molar-refractivity contribution in [2.24, 2.45) is 10.9 Å². The van der Waals surface area contributed by atoms with Crippen LogP contribution in [0.3, 0.4) is 0 Å². The summed E-state index contributed by atoms with van der Waals surface area (Å²) >= 11 is 0. The summed E-state index contributed by atoms with van der Waals surface area (Å²) in [5.74, 6) is 1.38. The molecule has 11 heteroatoms. The predicted molar refractivity (Wildman–Crippen MR) is 178 cm³/mol. The molecule has 1 aliphatic carbocycles. The first kappa shape index (κ1) is 33.4. The van der Waals surface area contributed by atoms with Crippen molar-refractivity contribution in [3.05, 3.63) is 59.7 Å². The van der Waals surface area contributed by atoms with E-state index in [4.69, 9.17) is 19.4 Å². The molecule has 0 bridgehead atoms. The van der Waals surface area contributed by atoms with Crippen LogP contribution < -0.4 is 5.32 Å². The number of fused-ring (bicyclic) bond motifs is 2. The Balaban J connectivity index is 1.37. The number of pyridine rings is 1. The minimum Gasteiger partial charge on any atom is -0.444 e. The summed E-state index contributed by atoms with van der Waals surface area (Å²) in [6.45, 7) is 13.4. The van der Waals surface area contributed by atoms with Crippen LogP contribution in [0.2, 0.25) is 0 Å². The summed E-state index contributed by atoms with van der Waals surface area (Å²) in [6, 6.07) is 12.7. The zero-order chi connectivity index (χ0) is 33.1. The number of aliphatic imine (C=N–C) groups is 1. The van der Waals surface area contributed by atoms with Crippen molar-refractivity contribution in [1.82, 2.24) is 29.7 Å². The number of piperidine rings is 1. The number of likely N-dealkylation sites (tertiary alicyclic amines) is 1. The highest BCUT2D eigenvalue weighted by atomic mass is 16.6. The summed E-state index contributed by atoms with van der Waals surface area (Å²) in [7, 11) is 2.17. The molecule has 2 atom stereocenters. The number of carbonyl (C=O) groups excluding carboxylic acids is 2. The number of benzene rings is 1. The van der Waals surface area contributed by atoms with Gasteiger partial charge in [0.15, 0.2) is 0 Å². The van der Waals surface area contributed by atoms with Gasteiger partial charge in [-0.05, 0) is 110 Å². The minimum atomic E-state index is -0.759. The highest BCUT2D eigenvalue weighted by Gasteiger charge is 2.30. The second kappa shape index (κ2) is 13.8. The van der Waals surface area contributed by atoms with E-state index in [0.717, 1.165) is 55.5 Å². The Labute approximate surface area is 272 Å². The number of carbonyl (C=O) groups is 2. The second-order valence-electron chi connectivity index (χ2n) is 14.5. The topological polar surface area (TPSA) is 114 Å². The maximum atomic E-state index is 12.8. The molecule has 46 heavy (non-hydrogen) atoms. The molecule has 1 N–H and O–H groups in total. The van der Waals surface area contributed by atoms with Gasteiger partial charge in [-0.15, -0.1) is 4.99 Å². The lowest BCUT2D eigenvalue weighted by Gasteiger charge is -2.35. The standard InChI is InChI=1S/C35H49N7O4/c1-34(2,3)45-32(43)38-31(39-33(44)46-35(4,5)6)41-20-12-13-24(21-41)22-42-27-17-9-8-16-26(27)37-29(42)23-40(7)28-18-10-14-25-15-11-19-36-30(25)28/h8-9,11,15-17,19,24,28H,10,12-14,18,20-23H2,1-7H3,(H,38,39,43,44)/t24-,28-/m0/s1. The van der Waals surface area contributed by atoms with Crippen molar-refractivity contribution in [3.63, 3.8) is 0 Å². The number of amides is 2. The number of hydrogen-bond donors (Lipinski definition) is 1. The first-order valence-corrected chi connectivity index (χ1v) is 16.4. The second-order valence-corrected chi connectivity index (χ2v) is 14.5. The van der Waals surface area contributed by atoms with Gasteiger partial charge in [-0.2, -0.15) is 0 Å². The van der Waals surface area contributed by atoms with Gasteiger partial charge in [-0.25, -0.2) is 14.6 Å². The number of hydrogen-bond acceptors (Lipinski definition) is 7. The number of rotatable bonds is 5. The average Bonchev–Trinajstić information content (AvgIpc) is 3.31. The van der Waals surface area contributed by atoms with Crippen LogP contribution in [0, 0.1) is 5.92 Å². The maximum Gasteiger partial charge on any atom is 0.437 e. The lowest BCUT2D eigenvalue weighted by Crippen LogP contribution is -2.50. The predicted octanol–water partition coefficient (Wildman–Crippen LogP) is 6.47. The van der Waals surface area contributed by atoms with E-state index < -0.39 is 23.4 Å². The Morgan fingerprint density at radius 2 is 1.78 bits per heavy atom. The fraction of sp³-hybridized carbons (Fsp3) is 0.571. The van der Waals surface area contributed by atoms with Gasteiger partial charge in [0.2, 0.25) is 5.96 Å². The third-order valence-corrected chi connectivity index (χ3v) is 8.28. The number of imidazole rings is 1. The normalized spacial score (nSPS) is 19.2. The summed E-state index contributed by atoms with van der Waals surface area (Å²) in [5.41, 5.74) is 3.16. The van der Waals surface area contributed by atoms with Crippen molar-refractivity contribution < 1.29 is 19.1 Å². The first-order chi connectivity index (χ1) is 21.8. The Morgan fingerprint density at radius 3 is 2.54 bits per heavy atom. The molecule has 3 aromatic rings. The van der Waals surface area contributed by atoms with Crippen LogP contribution in [0.15, 0.2) is 47.6 Å². The zero-order valence-electron chi connectivity index (χ0n) is 28.4. The van der Waals surface area contributed by atoms with Gasteiger partial charge < -0.3 is 18.9 Å². The van der Waals surface area contributed by atoms with E-state index in [-0.39, 0.29) is 17.9 Å². The molecule has 2 amide bonds. The van der Waals surface area contributed by atoms with Gasteiger partial charge in [0.05, 0.1) is 29.3 Å². The van der Waals surface area contributed by atoms with Gasteiger partial charge in [-0.3, -0.25) is 15.2 Å². The molecule has 1 fully saturated rings. The van der Waals surface area contributed by atoms with Crippen LogP contribution in [-0.4, -0.2) is 73.8 Å². The molecule has 3 heterocycles. The van der Waals surface area contributed by atoms with Crippen molar-refractivity contribution in [2.45, 2.75) is 104 Å². The van der Waals surface area contributed by atoms with Gasteiger partial charge >= 0.3 is 12.2 Å². The fourth-order valence-electron chi connectivity index (χ4n) is 6.41. The number of aromatic nitrogens is 3. The van der Waals surface area contributed by atoms with Crippen molar-refractivity contribution in [1.29, 1.82) is 0 Å². The molecule has 0 saturated carbocycles. The molecule has 2 aliphatic rings. The van der Waals surface area contributed by atoms with E-state index in [0.29, 0.717) is 19.6 Å². The van der Waals surface area contributed by atoms with Crippen LogP contribution in [0.4, 0.5) is 9.59 Å². The molecule has 248 valence electrons. The fourth-order valence-corrected chi connectivity index (χ4v) is 6.41. The number of aryl methyl sites for hydroxylation is 1. The molecule has 1 aliphatic heterocycles. The van der Waals surface area contributed by atoms with Crippen LogP contribution in [-0.2, 0) is 29.0 Å². The lowest BCUT2D eigenvalue weighted by molar-refractivity contribution is 0.0551.